The van der Waals surface area contributed by atoms with E-state index < -0.39 is 0 Å². The van der Waals surface area contributed by atoms with Crippen molar-refractivity contribution < 1.29 is 0 Å². The second-order valence-corrected chi connectivity index (χ2v) is 4.91. The minimum absolute atomic E-state index is 0.611. The maximum atomic E-state index is 8.74. The summed E-state index contributed by atoms with van der Waals surface area (Å²) in [7, 11) is 0. The van der Waals surface area contributed by atoms with Gasteiger partial charge in [0.25, 0.3) is 0 Å². The Morgan fingerprint density at radius 1 is 1.32 bits per heavy atom. The van der Waals surface area contributed by atoms with Gasteiger partial charge in [-0.25, -0.2) is 4.99 Å². The lowest BCUT2D eigenvalue weighted by molar-refractivity contribution is 0.843. The average molecular weight is 276 g/mol. The molecule has 0 aliphatic rings. The molecule has 4 nitrogen and oxygen atoms in total. The van der Waals surface area contributed by atoms with E-state index in [1.54, 1.807) is 11.8 Å². The van der Waals surface area contributed by atoms with Crippen molar-refractivity contribution >= 4 is 17.7 Å². The fraction of sp³-hybridized carbons (Fsp3) is 0.429. The van der Waals surface area contributed by atoms with Crippen molar-refractivity contribution in [1.29, 1.82) is 5.26 Å². The summed E-state index contributed by atoms with van der Waals surface area (Å²) in [6.07, 6.45) is 2.09. The van der Waals surface area contributed by atoms with Gasteiger partial charge < -0.3 is 10.6 Å². The van der Waals surface area contributed by atoms with E-state index in [0.29, 0.717) is 12.1 Å². The molecule has 0 aromatic heterocycles. The summed E-state index contributed by atoms with van der Waals surface area (Å²) in [4.78, 5) is 4.51. The van der Waals surface area contributed by atoms with E-state index in [1.165, 1.54) is 0 Å². The van der Waals surface area contributed by atoms with Gasteiger partial charge >= 0.3 is 0 Å². The van der Waals surface area contributed by atoms with Gasteiger partial charge in [0.1, 0.15) is 0 Å². The van der Waals surface area contributed by atoms with Gasteiger partial charge in [0, 0.05) is 18.8 Å². The van der Waals surface area contributed by atoms with E-state index in [0.717, 1.165) is 30.4 Å². The van der Waals surface area contributed by atoms with Gasteiger partial charge in [0.15, 0.2) is 5.96 Å². The van der Waals surface area contributed by atoms with Crippen molar-refractivity contribution in [2.75, 3.05) is 25.1 Å². The second-order valence-electron chi connectivity index (χ2n) is 3.92. The lowest BCUT2D eigenvalue weighted by Gasteiger charge is -2.10. The molecule has 0 saturated heterocycles. The third-order valence-electron chi connectivity index (χ3n) is 2.45. The summed E-state index contributed by atoms with van der Waals surface area (Å²) in [5.41, 5.74) is 1.78. The van der Waals surface area contributed by atoms with Crippen molar-refractivity contribution in [3.63, 3.8) is 0 Å². The number of rotatable bonds is 6. The Morgan fingerprint density at radius 2 is 2.05 bits per heavy atom. The second kappa shape index (κ2) is 9.29. The quantitative estimate of drug-likeness (QED) is 0.474. The molecule has 0 spiro atoms. The van der Waals surface area contributed by atoms with E-state index >= 15 is 0 Å². The Bertz CT molecular complexity index is 434. The highest BCUT2D eigenvalue weighted by Gasteiger charge is 1.97. The fourth-order valence-corrected chi connectivity index (χ4v) is 1.77. The summed E-state index contributed by atoms with van der Waals surface area (Å²) in [6, 6.07) is 9.62. The normalized spacial score (nSPS) is 10.9. The number of guanidine groups is 1. The number of aliphatic imine (C=N–C) groups is 1. The van der Waals surface area contributed by atoms with Crippen molar-refractivity contribution in [2.24, 2.45) is 4.99 Å². The Morgan fingerprint density at radius 3 is 2.63 bits per heavy atom. The molecular weight excluding hydrogens is 256 g/mol. The van der Waals surface area contributed by atoms with E-state index in [9.17, 15) is 0 Å². The Kier molecular flexibility index (Phi) is 7.52. The molecule has 102 valence electrons. The van der Waals surface area contributed by atoms with E-state index in [2.05, 4.69) is 28.0 Å². The standard InChI is InChI=1S/C14H20N4S/c1-3-16-14(17-8-9-19-2)18-11-13-6-4-12(10-15)5-7-13/h4-7H,3,8-9,11H2,1-2H3,(H2,16,17,18). The fourth-order valence-electron chi connectivity index (χ4n) is 1.47. The number of thioether (sulfide) groups is 1. The SMILES string of the molecule is CCNC(=NCc1ccc(C#N)cc1)NCCSC. The first-order valence-electron chi connectivity index (χ1n) is 6.30. The molecule has 1 aromatic rings. The predicted molar refractivity (Wildman–Crippen MR) is 82.4 cm³/mol. The highest BCUT2D eigenvalue weighted by molar-refractivity contribution is 7.98. The Hall–Kier alpha value is -1.67. The van der Waals surface area contributed by atoms with Crippen molar-refractivity contribution in [3.8, 4) is 6.07 Å². The summed E-state index contributed by atoms with van der Waals surface area (Å²) in [5.74, 6) is 1.89. The van der Waals surface area contributed by atoms with Crippen LogP contribution in [0, 0.1) is 11.3 Å². The molecule has 0 atom stereocenters. The molecule has 19 heavy (non-hydrogen) atoms. The number of benzene rings is 1. The number of nitriles is 1. The van der Waals surface area contributed by atoms with Crippen LogP contribution in [0.1, 0.15) is 18.1 Å². The lowest BCUT2D eigenvalue weighted by atomic mass is 10.1. The van der Waals surface area contributed by atoms with Crippen LogP contribution < -0.4 is 10.6 Å². The Balaban J connectivity index is 2.55. The van der Waals surface area contributed by atoms with Crippen LogP contribution >= 0.6 is 11.8 Å². The van der Waals surface area contributed by atoms with Crippen LogP contribution in [-0.4, -0.2) is 31.1 Å². The molecule has 0 aliphatic heterocycles. The van der Waals surface area contributed by atoms with Crippen LogP contribution in [0.4, 0.5) is 0 Å². The van der Waals surface area contributed by atoms with Crippen LogP contribution in [0.15, 0.2) is 29.3 Å². The highest BCUT2D eigenvalue weighted by Crippen LogP contribution is 2.04. The van der Waals surface area contributed by atoms with Crippen LogP contribution in [0.25, 0.3) is 0 Å². The third kappa shape index (κ3) is 6.16. The van der Waals surface area contributed by atoms with Crippen LogP contribution in [0.5, 0.6) is 0 Å². The maximum absolute atomic E-state index is 8.74. The van der Waals surface area contributed by atoms with Crippen LogP contribution in [0.2, 0.25) is 0 Å². The maximum Gasteiger partial charge on any atom is 0.191 e. The van der Waals surface area contributed by atoms with Crippen LogP contribution in [0.3, 0.4) is 0 Å². The van der Waals surface area contributed by atoms with Gasteiger partial charge in [0.05, 0.1) is 18.2 Å². The first-order chi connectivity index (χ1) is 9.30. The minimum atomic E-state index is 0.611. The number of hydrogen-bond acceptors (Lipinski definition) is 3. The number of nitrogens with one attached hydrogen (secondary N) is 2. The van der Waals surface area contributed by atoms with Crippen LogP contribution in [-0.2, 0) is 6.54 Å². The van der Waals surface area contributed by atoms with Crippen molar-refractivity contribution in [2.45, 2.75) is 13.5 Å². The van der Waals surface area contributed by atoms with Gasteiger partial charge in [-0.2, -0.15) is 17.0 Å². The molecule has 1 rings (SSSR count). The minimum Gasteiger partial charge on any atom is -0.357 e. The third-order valence-corrected chi connectivity index (χ3v) is 3.06. The molecule has 0 bridgehead atoms. The smallest absolute Gasteiger partial charge is 0.191 e. The van der Waals surface area contributed by atoms with Gasteiger partial charge in [-0.15, -0.1) is 0 Å². The lowest BCUT2D eigenvalue weighted by Crippen LogP contribution is -2.38. The number of hydrogen-bond donors (Lipinski definition) is 2. The number of nitrogens with zero attached hydrogens (tertiary/aromatic N) is 2. The molecule has 2 N–H and O–H groups in total. The topological polar surface area (TPSA) is 60.2 Å². The first-order valence-corrected chi connectivity index (χ1v) is 7.69. The van der Waals surface area contributed by atoms with E-state index in [4.69, 9.17) is 5.26 Å². The molecule has 0 amide bonds. The first kappa shape index (κ1) is 15.4. The van der Waals surface area contributed by atoms with Crippen molar-refractivity contribution in [3.05, 3.63) is 35.4 Å². The van der Waals surface area contributed by atoms with Crippen molar-refractivity contribution in [1.82, 2.24) is 10.6 Å². The van der Waals surface area contributed by atoms with Gasteiger partial charge in [-0.1, -0.05) is 12.1 Å². The van der Waals surface area contributed by atoms with Gasteiger partial charge in [-0.3, -0.25) is 0 Å². The molecule has 0 aliphatic carbocycles. The summed E-state index contributed by atoms with van der Waals surface area (Å²) in [5, 5.41) is 15.2. The van der Waals surface area contributed by atoms with Gasteiger partial charge in [0.2, 0.25) is 0 Å². The largest absolute Gasteiger partial charge is 0.357 e. The van der Waals surface area contributed by atoms with E-state index in [-0.39, 0.29) is 0 Å². The molecule has 5 heteroatoms. The monoisotopic (exact) mass is 276 g/mol. The Labute approximate surface area is 119 Å². The molecular formula is C14H20N4S. The predicted octanol–water partition coefficient (Wildman–Crippen LogP) is 1.98. The zero-order valence-corrected chi connectivity index (χ0v) is 12.3. The zero-order valence-electron chi connectivity index (χ0n) is 11.4. The summed E-state index contributed by atoms with van der Waals surface area (Å²) in [6.45, 7) is 4.41. The molecule has 0 unspecified atom stereocenters. The summed E-state index contributed by atoms with van der Waals surface area (Å²) < 4.78 is 0. The molecule has 1 aromatic carbocycles. The molecule has 0 saturated carbocycles. The molecule has 0 heterocycles. The molecule has 0 radical (unpaired) electrons. The summed E-state index contributed by atoms with van der Waals surface area (Å²) >= 11 is 1.80. The average Bonchev–Trinajstić information content (AvgIpc) is 2.45. The zero-order chi connectivity index (χ0) is 13.9. The van der Waals surface area contributed by atoms with E-state index in [1.807, 2.05) is 31.2 Å². The highest BCUT2D eigenvalue weighted by atomic mass is 32.2. The molecule has 0 fully saturated rings. The van der Waals surface area contributed by atoms with Gasteiger partial charge in [-0.05, 0) is 30.9 Å².